The second kappa shape index (κ2) is 7.20. The van der Waals surface area contributed by atoms with E-state index in [1.54, 1.807) is 0 Å². The minimum Gasteiger partial charge on any atom is -0.297 e. The molecular weight excluding hydrogens is 242 g/mol. The molecule has 5 heteroatoms. The molecular formula is C11H20ClN3S. The zero-order chi connectivity index (χ0) is 12.0. The van der Waals surface area contributed by atoms with Gasteiger partial charge in [0.15, 0.2) is 0 Å². The fraction of sp³-hybridized carbons (Fsp3) is 0.818. The molecule has 0 saturated carbocycles. The van der Waals surface area contributed by atoms with Gasteiger partial charge in [0.25, 0.3) is 0 Å². The van der Waals surface area contributed by atoms with Gasteiger partial charge in [0.05, 0.1) is 6.54 Å². The van der Waals surface area contributed by atoms with Crippen LogP contribution in [0.1, 0.15) is 38.6 Å². The molecule has 0 aliphatic rings. The van der Waals surface area contributed by atoms with E-state index in [0.717, 1.165) is 30.6 Å². The minimum absolute atomic E-state index is 0.536. The van der Waals surface area contributed by atoms with Crippen molar-refractivity contribution in [3.8, 4) is 0 Å². The van der Waals surface area contributed by atoms with Crippen LogP contribution in [0.4, 0.5) is 0 Å². The van der Waals surface area contributed by atoms with Crippen LogP contribution >= 0.6 is 22.9 Å². The van der Waals surface area contributed by atoms with Crippen molar-refractivity contribution in [3.63, 3.8) is 0 Å². The molecule has 0 aliphatic carbocycles. The van der Waals surface area contributed by atoms with Gasteiger partial charge in [0.1, 0.15) is 5.01 Å². The van der Waals surface area contributed by atoms with Crippen LogP contribution < -0.4 is 0 Å². The van der Waals surface area contributed by atoms with Crippen molar-refractivity contribution < 1.29 is 0 Å². The standard InChI is InChI=1S/C11H20ClN3S/c1-4-9(5-2)7-15(6-3)8-10-13-14-11(12)16-10/h9H,4-8H2,1-3H3. The molecule has 3 nitrogen and oxygen atoms in total. The van der Waals surface area contributed by atoms with E-state index in [9.17, 15) is 0 Å². The summed E-state index contributed by atoms with van der Waals surface area (Å²) in [6, 6.07) is 0. The summed E-state index contributed by atoms with van der Waals surface area (Å²) in [5, 5.41) is 8.90. The normalized spacial score (nSPS) is 11.6. The van der Waals surface area contributed by atoms with Crippen molar-refractivity contribution in [2.24, 2.45) is 5.92 Å². The van der Waals surface area contributed by atoms with E-state index in [-0.39, 0.29) is 0 Å². The Bertz CT molecular complexity index is 299. The van der Waals surface area contributed by atoms with Gasteiger partial charge in [-0.15, -0.1) is 10.2 Å². The molecule has 92 valence electrons. The molecule has 1 aromatic heterocycles. The first-order chi connectivity index (χ1) is 7.69. The highest BCUT2D eigenvalue weighted by atomic mass is 35.5. The fourth-order valence-corrected chi connectivity index (χ4v) is 2.62. The summed E-state index contributed by atoms with van der Waals surface area (Å²) in [4.78, 5) is 2.41. The van der Waals surface area contributed by atoms with Crippen LogP contribution in [-0.4, -0.2) is 28.2 Å². The smallest absolute Gasteiger partial charge is 0.207 e. The summed E-state index contributed by atoms with van der Waals surface area (Å²) in [6.07, 6.45) is 2.48. The molecule has 0 N–H and O–H groups in total. The Labute approximate surface area is 107 Å². The van der Waals surface area contributed by atoms with Gasteiger partial charge in [-0.1, -0.05) is 44.9 Å². The molecule has 1 heterocycles. The van der Waals surface area contributed by atoms with Crippen molar-refractivity contribution in [2.75, 3.05) is 13.1 Å². The third kappa shape index (κ3) is 4.36. The van der Waals surface area contributed by atoms with E-state index in [2.05, 4.69) is 35.9 Å². The SMILES string of the molecule is CCC(CC)CN(CC)Cc1nnc(Cl)s1. The second-order valence-corrected chi connectivity index (χ2v) is 5.60. The van der Waals surface area contributed by atoms with Crippen LogP contribution in [0.5, 0.6) is 0 Å². The maximum atomic E-state index is 5.77. The summed E-state index contributed by atoms with van der Waals surface area (Å²) in [5.74, 6) is 0.781. The minimum atomic E-state index is 0.536. The molecule has 0 atom stereocenters. The lowest BCUT2D eigenvalue weighted by Crippen LogP contribution is -2.28. The molecule has 0 saturated heterocycles. The number of aromatic nitrogens is 2. The van der Waals surface area contributed by atoms with Crippen molar-refractivity contribution >= 4 is 22.9 Å². The largest absolute Gasteiger partial charge is 0.297 e. The lowest BCUT2D eigenvalue weighted by atomic mass is 10.0. The van der Waals surface area contributed by atoms with Gasteiger partial charge in [0, 0.05) is 6.54 Å². The number of halogens is 1. The number of hydrogen-bond acceptors (Lipinski definition) is 4. The zero-order valence-corrected chi connectivity index (χ0v) is 11.8. The van der Waals surface area contributed by atoms with Crippen LogP contribution in [0.2, 0.25) is 4.47 Å². The zero-order valence-electron chi connectivity index (χ0n) is 10.2. The van der Waals surface area contributed by atoms with Crippen LogP contribution in [0.15, 0.2) is 0 Å². The summed E-state index contributed by atoms with van der Waals surface area (Å²) in [6.45, 7) is 9.75. The van der Waals surface area contributed by atoms with E-state index >= 15 is 0 Å². The molecule has 16 heavy (non-hydrogen) atoms. The fourth-order valence-electron chi connectivity index (χ4n) is 1.71. The molecule has 0 bridgehead atoms. The molecule has 1 aromatic rings. The highest BCUT2D eigenvalue weighted by Gasteiger charge is 2.12. The van der Waals surface area contributed by atoms with Gasteiger partial charge in [0.2, 0.25) is 4.47 Å². The molecule has 0 unspecified atom stereocenters. The van der Waals surface area contributed by atoms with E-state index in [0.29, 0.717) is 4.47 Å². The molecule has 0 aromatic carbocycles. The summed E-state index contributed by atoms with van der Waals surface area (Å²) in [7, 11) is 0. The average molecular weight is 262 g/mol. The Hall–Kier alpha value is -0.190. The topological polar surface area (TPSA) is 29.0 Å². The third-order valence-electron chi connectivity index (χ3n) is 2.92. The van der Waals surface area contributed by atoms with Crippen molar-refractivity contribution in [1.29, 1.82) is 0 Å². The van der Waals surface area contributed by atoms with E-state index in [4.69, 9.17) is 11.6 Å². The van der Waals surface area contributed by atoms with Crippen LogP contribution in [-0.2, 0) is 6.54 Å². The number of hydrogen-bond donors (Lipinski definition) is 0. The predicted molar refractivity (Wildman–Crippen MR) is 69.9 cm³/mol. The Morgan fingerprint density at radius 1 is 1.25 bits per heavy atom. The summed E-state index contributed by atoms with van der Waals surface area (Å²) >= 11 is 7.25. The Balaban J connectivity index is 2.48. The van der Waals surface area contributed by atoms with Crippen LogP contribution in [0, 0.1) is 5.92 Å². The first-order valence-corrected chi connectivity index (χ1v) is 7.09. The summed E-state index contributed by atoms with van der Waals surface area (Å²) < 4.78 is 0.536. The molecule has 0 aliphatic heterocycles. The lowest BCUT2D eigenvalue weighted by molar-refractivity contribution is 0.225. The van der Waals surface area contributed by atoms with Gasteiger partial charge in [-0.05, 0) is 24.1 Å². The molecule has 0 spiro atoms. The van der Waals surface area contributed by atoms with Gasteiger partial charge in [-0.3, -0.25) is 4.90 Å². The van der Waals surface area contributed by atoms with E-state index in [1.165, 1.54) is 24.2 Å². The van der Waals surface area contributed by atoms with Gasteiger partial charge >= 0.3 is 0 Å². The first-order valence-electron chi connectivity index (χ1n) is 5.89. The molecule has 0 radical (unpaired) electrons. The van der Waals surface area contributed by atoms with Gasteiger partial charge in [-0.25, -0.2) is 0 Å². The van der Waals surface area contributed by atoms with Gasteiger partial charge < -0.3 is 0 Å². The highest BCUT2D eigenvalue weighted by Crippen LogP contribution is 2.18. The Morgan fingerprint density at radius 3 is 2.38 bits per heavy atom. The molecule has 0 fully saturated rings. The average Bonchev–Trinajstić information content (AvgIpc) is 2.70. The maximum absolute atomic E-state index is 5.77. The maximum Gasteiger partial charge on any atom is 0.207 e. The number of rotatable bonds is 7. The molecule has 1 rings (SSSR count). The third-order valence-corrected chi connectivity index (χ3v) is 3.92. The van der Waals surface area contributed by atoms with Crippen molar-refractivity contribution in [2.45, 2.75) is 40.2 Å². The van der Waals surface area contributed by atoms with Crippen LogP contribution in [0.25, 0.3) is 0 Å². The second-order valence-electron chi connectivity index (χ2n) is 3.96. The Kier molecular flexibility index (Phi) is 6.24. The quantitative estimate of drug-likeness (QED) is 0.753. The predicted octanol–water partition coefficient (Wildman–Crippen LogP) is 3.45. The highest BCUT2D eigenvalue weighted by molar-refractivity contribution is 7.15. The Morgan fingerprint density at radius 2 is 1.94 bits per heavy atom. The summed E-state index contributed by atoms with van der Waals surface area (Å²) in [5.41, 5.74) is 0. The van der Waals surface area contributed by atoms with Gasteiger partial charge in [-0.2, -0.15) is 0 Å². The van der Waals surface area contributed by atoms with E-state index in [1.807, 2.05) is 0 Å². The number of nitrogens with zero attached hydrogens (tertiary/aromatic N) is 3. The van der Waals surface area contributed by atoms with E-state index < -0.39 is 0 Å². The molecule has 0 amide bonds. The van der Waals surface area contributed by atoms with Crippen molar-refractivity contribution in [3.05, 3.63) is 9.47 Å². The monoisotopic (exact) mass is 261 g/mol. The first kappa shape index (κ1) is 13.9. The van der Waals surface area contributed by atoms with Crippen molar-refractivity contribution in [1.82, 2.24) is 15.1 Å². The van der Waals surface area contributed by atoms with Crippen LogP contribution in [0.3, 0.4) is 0 Å². The lowest BCUT2D eigenvalue weighted by Gasteiger charge is -2.23.